The molecule has 0 aliphatic rings. The van der Waals surface area contributed by atoms with Crippen LogP contribution in [0.4, 0.5) is 0 Å². The molecule has 0 spiro atoms. The lowest BCUT2D eigenvalue weighted by Gasteiger charge is -2.62. The fraction of sp³-hybridized carbons (Fsp3) is 0. The fourth-order valence-corrected chi connectivity index (χ4v) is 15.4. The maximum atomic E-state index is 7.10. The van der Waals surface area contributed by atoms with Crippen molar-refractivity contribution in [3.05, 3.63) is 0 Å². The van der Waals surface area contributed by atoms with E-state index >= 15 is 0 Å². The largest absolute Gasteiger partial charge is 0 e. The van der Waals surface area contributed by atoms with Gasteiger partial charge in [0.25, 0.3) is 0 Å². The Morgan fingerprint density at radius 3 is 0.140 bits per heavy atom. The van der Waals surface area contributed by atoms with Crippen molar-refractivity contribution in [1.82, 2.24) is 0 Å². The van der Waals surface area contributed by atoms with E-state index in [0.717, 1.165) is 0 Å². The van der Waals surface area contributed by atoms with Crippen LogP contribution in [0.3, 0.4) is 0 Å². The second kappa shape index (κ2) is 42.0. The van der Waals surface area contributed by atoms with Crippen LogP contribution in [0.1, 0.15) is 0 Å². The van der Waals surface area contributed by atoms with Crippen LogP contribution in [0.15, 0.2) is 0 Å². The Morgan fingerprint density at radius 2 is 0.0930 bits per heavy atom. The van der Waals surface area contributed by atoms with E-state index in [1.165, 1.54) is 0 Å². The van der Waals surface area contributed by atoms with Crippen LogP contribution in [0.25, 0.3) is 0 Å². The first-order chi connectivity index (χ1) is 39.1. The molecular formula is B86. The molecule has 0 aromatic heterocycles. The van der Waals surface area contributed by atoms with Crippen molar-refractivity contribution in [1.29, 1.82) is 0 Å². The van der Waals surface area contributed by atoms with Crippen LogP contribution < -0.4 is 0 Å². The second-order valence-corrected chi connectivity index (χ2v) is 24.2. The Bertz CT molecular complexity index is 1350. The van der Waals surface area contributed by atoms with Gasteiger partial charge in [-0.25, -0.2) is 0 Å². The van der Waals surface area contributed by atoms with Gasteiger partial charge in [0.1, 0.15) is 0 Å². The van der Waals surface area contributed by atoms with Gasteiger partial charge in [0.2, 0.25) is 0 Å². The number of rotatable bonds is 41. The van der Waals surface area contributed by atoms with Crippen LogP contribution in [-0.2, 0) is 0 Å². The molecule has 258 valence electrons. The van der Waals surface area contributed by atoms with Crippen LogP contribution in [0.2, 0.25) is 0 Å². The molecule has 0 nitrogen and oxygen atoms in total. The predicted molar refractivity (Wildman–Crippen MR) is 495 cm³/mol. The van der Waals surface area contributed by atoms with Gasteiger partial charge in [0.15, 0.2) is 0 Å². The molecule has 0 aromatic carbocycles. The van der Waals surface area contributed by atoms with Gasteiger partial charge in [-0.15, -0.1) is 0 Å². The quantitative estimate of drug-likeness (QED) is 0.0536. The summed E-state index contributed by atoms with van der Waals surface area (Å²) < 4.78 is 0. The summed E-state index contributed by atoms with van der Waals surface area (Å²) in [7, 11) is 306. The Labute approximate surface area is 602 Å². The molecule has 0 aliphatic heterocycles. The Kier molecular flexibility index (Phi) is 44.7. The van der Waals surface area contributed by atoms with Crippen molar-refractivity contribution in [2.45, 2.75) is 0 Å². The first-order valence-corrected chi connectivity index (χ1v) is 28.3. The number of hydrogen-bond donors (Lipinski definition) is 0. The van der Waals surface area contributed by atoms with Crippen LogP contribution >= 0.6 is 0 Å². The van der Waals surface area contributed by atoms with E-state index in [2.05, 4.69) is 0 Å². The van der Waals surface area contributed by atoms with Crippen LogP contribution in [0.5, 0.6) is 0 Å². The summed E-state index contributed by atoms with van der Waals surface area (Å²) in [5.41, 5.74) is 0. The minimum absolute atomic E-state index is 1.63. The highest BCUT2D eigenvalue weighted by molar-refractivity contribution is 8.42. The van der Waals surface area contributed by atoms with Crippen molar-refractivity contribution in [2.75, 3.05) is 0 Å². The maximum Gasteiger partial charge on any atom is 0 e. The van der Waals surface area contributed by atoms with Gasteiger partial charge in [-0.05, 0) is 0 Å². The Hall–Kier alpha value is 5.58. The van der Waals surface area contributed by atoms with Gasteiger partial charge in [0.05, 0.1) is 0 Å². The van der Waals surface area contributed by atoms with E-state index in [1.54, 1.807) is 0 Å². The van der Waals surface area contributed by atoms with Gasteiger partial charge in [-0.3, -0.25) is 0 Å². The first kappa shape index (κ1) is 91.6. The molecule has 86 heteroatoms. The standard InChI is InChI=1S/B86/c1-45(2)67(46(3)4)78(68(47(5)6)48(7)8)83(77(65(41)42)66(43)44)86(84(79(69(49(9)10)50(11)12)70(51(13)14)52(15)16)80(71(53(17)18)54(19)20)72(55(21)22)56(23)24)85(81(73(57(25)26)58(27)28)74(59(29)30)60(31)32)82(75(61(33)34)62(35)36)76(63(37)38)64(39)40. The summed E-state index contributed by atoms with van der Waals surface area (Å²) >= 11 is 0. The lowest BCUT2D eigenvalue weighted by Crippen LogP contribution is -3.00. The molecule has 0 bridgehead atoms. The lowest BCUT2D eigenvalue weighted by molar-refractivity contribution is 3.14. The van der Waals surface area contributed by atoms with Crippen molar-refractivity contribution in [2.24, 2.45) is 0 Å². The van der Waals surface area contributed by atoms with Gasteiger partial charge >= 0.3 is 0 Å². The zero-order valence-corrected chi connectivity index (χ0v) is 49.7. The molecule has 0 unspecified atom stereocenters. The molecule has 0 saturated carbocycles. The molecule has 0 aromatic rings. The van der Waals surface area contributed by atoms with Crippen molar-refractivity contribution >= 4 is 609 Å². The minimum Gasteiger partial charge on any atom is 0 e. The summed E-state index contributed by atoms with van der Waals surface area (Å²) in [4.78, 5) is 0. The van der Waals surface area contributed by atoms with E-state index in [4.69, 9.17) is 340 Å². The normalized spacial score (nSPS) is 9.81. The van der Waals surface area contributed by atoms with E-state index in [-0.39, 0.29) is 0 Å². The highest BCUT2D eigenvalue weighted by Gasteiger charge is 2.67. The Morgan fingerprint density at radius 1 is 0.0581 bits per heavy atom. The van der Waals surface area contributed by atoms with Gasteiger partial charge in [-0.1, -0.05) is 0 Å². The zero-order chi connectivity index (χ0) is 68.2. The van der Waals surface area contributed by atoms with Gasteiger partial charge in [0, 0.05) is 609 Å². The maximum absolute atomic E-state index is 7.10. The third-order valence-corrected chi connectivity index (χ3v) is 18.2. The van der Waals surface area contributed by atoms with Gasteiger partial charge < -0.3 is 0 Å². The summed E-state index contributed by atoms with van der Waals surface area (Å²) in [6, 6.07) is 0. The average molecular weight is 930 g/mol. The topological polar surface area (TPSA) is 0 Å². The molecule has 0 heterocycles. The molecule has 0 rings (SSSR count). The third kappa shape index (κ3) is 24.4. The second-order valence-electron chi connectivity index (χ2n) is 24.2. The van der Waals surface area contributed by atoms with Crippen molar-refractivity contribution in [3.8, 4) is 0 Å². The molecule has 86 heavy (non-hydrogen) atoms. The molecule has 0 aliphatic carbocycles. The molecule has 0 amide bonds. The monoisotopic (exact) mass is 947 g/mol. The molecule has 0 N–H and O–H groups in total. The minimum atomic E-state index is -2.06. The SMILES string of the molecule is [B]B([B])B(B([B])[B])B(B(B([B])[B])B([B])[B])B(B(B([B])[B])B([B])[B])B(B(B(B(B([B])[B])B([B])[B])B(B([B])[B])B([B])[B])B(B(B([B])[B])B([B])[B])B(B([B])[B])B([B])[B])B(B(B(B([B])[B])B([B])[B])B(B([B])[B])B([B])[B])B(B(B([B])[B])B([B])[B])B(B([B])[B])B([B])[B]. The van der Waals surface area contributed by atoms with E-state index in [9.17, 15) is 0 Å². The summed E-state index contributed by atoms with van der Waals surface area (Å²) in [6.45, 7) is 0. The predicted octanol–water partition coefficient (Wildman–Crippen LogP) is -32.7. The first-order valence-electron chi connectivity index (χ1n) is 28.3. The summed E-state index contributed by atoms with van der Waals surface area (Å²) in [5.74, 6) is 0. The highest BCUT2D eigenvalue weighted by Crippen LogP contribution is 2.29. The Balaban J connectivity index is 13.3. The summed E-state index contributed by atoms with van der Waals surface area (Å²) in [6.07, 6.45) is -73.5. The van der Waals surface area contributed by atoms with Crippen LogP contribution in [-0.4, -0.2) is 609 Å². The zero-order valence-electron chi connectivity index (χ0n) is 49.7. The molecular weight excluding hydrogens is 930 g/mol. The lowest BCUT2D eigenvalue weighted by atomic mass is 8.19. The van der Waals surface area contributed by atoms with E-state index in [0.29, 0.717) is 0 Å². The molecule has 0 saturated heterocycles. The number of hydrogen-bond acceptors (Lipinski definition) is 0. The highest BCUT2D eigenvalue weighted by atomic mass is 13.5. The third-order valence-electron chi connectivity index (χ3n) is 18.2. The molecule has 88 radical (unpaired) electrons. The fourth-order valence-electron chi connectivity index (χ4n) is 15.4. The van der Waals surface area contributed by atoms with Gasteiger partial charge in [-0.2, -0.15) is 0 Å². The molecule has 0 fully saturated rings. The van der Waals surface area contributed by atoms with E-state index < -0.39 is 268 Å². The molecule has 0 atom stereocenters. The average Bonchev–Trinajstić information content (AvgIpc) is 3.27. The van der Waals surface area contributed by atoms with Crippen molar-refractivity contribution in [3.63, 3.8) is 0 Å². The van der Waals surface area contributed by atoms with Crippen LogP contribution in [0, 0.1) is 0 Å². The van der Waals surface area contributed by atoms with Crippen molar-refractivity contribution < 1.29 is 0 Å². The van der Waals surface area contributed by atoms with E-state index in [1.807, 2.05) is 0 Å². The smallest absolute Gasteiger partial charge is 0 e. The summed E-state index contributed by atoms with van der Waals surface area (Å²) in [5, 5.41) is 0.